The van der Waals surface area contributed by atoms with Crippen LogP contribution in [0.2, 0.25) is 5.02 Å². The number of hydrogen-bond acceptors (Lipinski definition) is 6. The summed E-state index contributed by atoms with van der Waals surface area (Å²) in [5.74, 6) is 1.31. The van der Waals surface area contributed by atoms with Crippen molar-refractivity contribution in [3.05, 3.63) is 55.6 Å². The number of thioether (sulfide) groups is 1. The zero-order valence-corrected chi connectivity index (χ0v) is 21.4. The maximum absolute atomic E-state index is 13.3. The Hall–Kier alpha value is -2.16. The molecule has 0 bridgehead atoms. The van der Waals surface area contributed by atoms with E-state index in [0.29, 0.717) is 27.4 Å². The number of halogens is 1. The molecule has 0 saturated carbocycles. The van der Waals surface area contributed by atoms with Crippen molar-refractivity contribution < 1.29 is 4.79 Å². The van der Waals surface area contributed by atoms with Gasteiger partial charge < -0.3 is 0 Å². The van der Waals surface area contributed by atoms with Gasteiger partial charge in [0, 0.05) is 22.5 Å². The molecule has 0 amide bonds. The van der Waals surface area contributed by atoms with Crippen molar-refractivity contribution in [2.45, 2.75) is 45.2 Å². The van der Waals surface area contributed by atoms with Gasteiger partial charge in [-0.2, -0.15) is 0 Å². The molecule has 0 radical (unpaired) electrons. The third kappa shape index (κ3) is 3.92. The van der Waals surface area contributed by atoms with Crippen LogP contribution in [0.1, 0.15) is 48.0 Å². The average molecular weight is 501 g/mol. The van der Waals surface area contributed by atoms with Crippen LogP contribution in [0.15, 0.2) is 34.2 Å². The topological polar surface area (TPSA) is 69.3 Å². The molecule has 5 rings (SSSR count). The minimum absolute atomic E-state index is 0.00651. The number of carbonyl (C=O) groups is 1. The van der Waals surface area contributed by atoms with Crippen molar-refractivity contribution in [1.82, 2.24) is 19.2 Å². The highest BCUT2D eigenvalue weighted by Gasteiger charge is 2.32. The molecular weight excluding hydrogens is 476 g/mol. The molecule has 1 aliphatic rings. The number of aryl methyl sites for hydroxylation is 2. The van der Waals surface area contributed by atoms with Crippen LogP contribution in [0, 0.1) is 11.3 Å². The first-order chi connectivity index (χ1) is 15.6. The summed E-state index contributed by atoms with van der Waals surface area (Å²) in [6.07, 6.45) is 2.99. The van der Waals surface area contributed by atoms with E-state index in [0.717, 1.165) is 29.5 Å². The molecule has 0 N–H and O–H groups in total. The lowest BCUT2D eigenvalue weighted by Crippen LogP contribution is -2.27. The third-order valence-corrected chi connectivity index (χ3v) is 9.03. The van der Waals surface area contributed by atoms with Gasteiger partial charge in [-0.1, -0.05) is 44.1 Å². The summed E-state index contributed by atoms with van der Waals surface area (Å²) in [7, 11) is 1.74. The lowest BCUT2D eigenvalue weighted by atomic mass is 9.72. The molecular formula is C24H25ClN4O2S2. The molecule has 9 heteroatoms. The first kappa shape index (κ1) is 22.6. The van der Waals surface area contributed by atoms with Gasteiger partial charge in [-0.15, -0.1) is 21.5 Å². The number of thiophene rings is 1. The zero-order valence-electron chi connectivity index (χ0n) is 19.0. The fourth-order valence-electron chi connectivity index (χ4n) is 4.55. The minimum Gasteiger partial charge on any atom is -0.293 e. The molecule has 1 atom stereocenters. The van der Waals surface area contributed by atoms with Crippen molar-refractivity contribution >= 4 is 56.5 Å². The monoisotopic (exact) mass is 500 g/mol. The molecule has 3 aromatic heterocycles. The van der Waals surface area contributed by atoms with E-state index in [9.17, 15) is 9.59 Å². The SMILES string of the molecule is Cn1c(=O)c2c3c(sc2n2c(SCC(=O)c4ccc(Cl)cc4)nnc12)C[C@@H](C(C)(C)C)CC3. The highest BCUT2D eigenvalue weighted by molar-refractivity contribution is 7.99. The minimum atomic E-state index is -0.0228. The third-order valence-electron chi connectivity index (χ3n) is 6.61. The normalized spacial score (nSPS) is 16.5. The summed E-state index contributed by atoms with van der Waals surface area (Å²) in [6, 6.07) is 6.89. The standard InChI is InChI=1S/C24H25ClN4O2S2/c1-24(2,3)14-7-10-16-18(11-14)33-21-19(16)20(31)28(4)22-26-27-23(29(21)22)32-12-17(30)13-5-8-15(25)9-6-13/h5-6,8-9,14H,7,10-12H2,1-4H3/t14-/m0/s1. The van der Waals surface area contributed by atoms with Crippen molar-refractivity contribution in [3.63, 3.8) is 0 Å². The predicted octanol–water partition coefficient (Wildman–Crippen LogP) is 5.42. The smallest absolute Gasteiger partial charge is 0.263 e. The molecule has 4 aromatic rings. The first-order valence-electron chi connectivity index (χ1n) is 10.9. The molecule has 6 nitrogen and oxygen atoms in total. The fraction of sp³-hybridized carbons (Fsp3) is 0.417. The number of hydrogen-bond donors (Lipinski definition) is 0. The Morgan fingerprint density at radius 1 is 1.24 bits per heavy atom. The first-order valence-corrected chi connectivity index (χ1v) is 13.1. The van der Waals surface area contributed by atoms with Crippen LogP contribution in [0.5, 0.6) is 0 Å². The number of Topliss-reactive ketones (excluding diaryl/α,β-unsaturated/α-hetero) is 1. The number of aromatic nitrogens is 4. The van der Waals surface area contributed by atoms with E-state index in [1.54, 1.807) is 47.2 Å². The molecule has 0 unspecified atom stereocenters. The van der Waals surface area contributed by atoms with E-state index >= 15 is 0 Å². The highest BCUT2D eigenvalue weighted by Crippen LogP contribution is 2.43. The zero-order chi connectivity index (χ0) is 23.5. The summed E-state index contributed by atoms with van der Waals surface area (Å²) in [4.78, 5) is 28.1. The van der Waals surface area contributed by atoms with Gasteiger partial charge in [-0.05, 0) is 60.4 Å². The number of carbonyl (C=O) groups excluding carboxylic acids is 1. The number of nitrogens with zero attached hydrogens (tertiary/aromatic N) is 4. The molecule has 33 heavy (non-hydrogen) atoms. The van der Waals surface area contributed by atoms with E-state index in [2.05, 4.69) is 31.0 Å². The second-order valence-electron chi connectivity index (χ2n) is 9.69. The molecule has 0 saturated heterocycles. The number of ketones is 1. The Bertz CT molecular complexity index is 1440. The number of fused-ring (bicyclic) bond motifs is 5. The van der Waals surface area contributed by atoms with E-state index in [1.807, 2.05) is 4.40 Å². The molecule has 0 spiro atoms. The summed E-state index contributed by atoms with van der Waals surface area (Å²) >= 11 is 8.96. The summed E-state index contributed by atoms with van der Waals surface area (Å²) in [6.45, 7) is 6.87. The Balaban J connectivity index is 1.56. The molecule has 1 aromatic carbocycles. The maximum Gasteiger partial charge on any atom is 0.263 e. The van der Waals surface area contributed by atoms with Gasteiger partial charge in [0.25, 0.3) is 5.56 Å². The predicted molar refractivity (Wildman–Crippen MR) is 135 cm³/mol. The number of benzene rings is 1. The summed E-state index contributed by atoms with van der Waals surface area (Å²) in [5.41, 5.74) is 2.00. The Morgan fingerprint density at radius 3 is 2.67 bits per heavy atom. The van der Waals surface area contributed by atoms with Gasteiger partial charge in [0.15, 0.2) is 10.9 Å². The summed E-state index contributed by atoms with van der Waals surface area (Å²) in [5, 5.41) is 10.6. The quantitative estimate of drug-likeness (QED) is 0.276. The van der Waals surface area contributed by atoms with Gasteiger partial charge >= 0.3 is 0 Å². The maximum atomic E-state index is 13.3. The van der Waals surface area contributed by atoms with Crippen LogP contribution >= 0.6 is 34.7 Å². The molecule has 0 aliphatic heterocycles. The summed E-state index contributed by atoms with van der Waals surface area (Å²) < 4.78 is 3.52. The molecule has 172 valence electrons. The Morgan fingerprint density at radius 2 is 1.97 bits per heavy atom. The Kier molecular flexibility index (Phi) is 5.66. The van der Waals surface area contributed by atoms with Crippen LogP contribution in [-0.4, -0.2) is 30.7 Å². The lowest BCUT2D eigenvalue weighted by molar-refractivity contribution is 0.102. The Labute approximate surface area is 205 Å². The van der Waals surface area contributed by atoms with Crippen molar-refractivity contribution in [2.24, 2.45) is 18.4 Å². The van der Waals surface area contributed by atoms with Crippen LogP contribution in [0.4, 0.5) is 0 Å². The molecule has 1 aliphatic carbocycles. The lowest BCUT2D eigenvalue weighted by Gasteiger charge is -2.33. The largest absolute Gasteiger partial charge is 0.293 e. The van der Waals surface area contributed by atoms with Crippen LogP contribution in [0.25, 0.3) is 16.0 Å². The van der Waals surface area contributed by atoms with E-state index in [4.69, 9.17) is 11.6 Å². The van der Waals surface area contributed by atoms with Gasteiger partial charge in [-0.25, -0.2) is 4.40 Å². The van der Waals surface area contributed by atoms with Crippen molar-refractivity contribution in [1.29, 1.82) is 0 Å². The fourth-order valence-corrected chi connectivity index (χ4v) is 6.98. The molecule has 0 fully saturated rings. The average Bonchev–Trinajstić information content (AvgIpc) is 3.36. The van der Waals surface area contributed by atoms with E-state index < -0.39 is 0 Å². The highest BCUT2D eigenvalue weighted by atomic mass is 35.5. The van der Waals surface area contributed by atoms with Gasteiger partial charge in [-0.3, -0.25) is 14.2 Å². The van der Waals surface area contributed by atoms with Crippen LogP contribution < -0.4 is 5.56 Å². The van der Waals surface area contributed by atoms with Crippen LogP contribution in [-0.2, 0) is 19.9 Å². The van der Waals surface area contributed by atoms with E-state index in [1.165, 1.54) is 22.2 Å². The second kappa shape index (κ2) is 8.25. The van der Waals surface area contributed by atoms with Crippen LogP contribution in [0.3, 0.4) is 0 Å². The van der Waals surface area contributed by atoms with Gasteiger partial charge in [0.1, 0.15) is 4.83 Å². The van der Waals surface area contributed by atoms with Crippen molar-refractivity contribution in [2.75, 3.05) is 5.75 Å². The van der Waals surface area contributed by atoms with Gasteiger partial charge in [0.2, 0.25) is 5.78 Å². The van der Waals surface area contributed by atoms with Crippen molar-refractivity contribution in [3.8, 4) is 0 Å². The van der Waals surface area contributed by atoms with Gasteiger partial charge in [0.05, 0.1) is 11.1 Å². The second-order valence-corrected chi connectivity index (χ2v) is 12.2. The van der Waals surface area contributed by atoms with E-state index in [-0.39, 0.29) is 22.5 Å². The number of rotatable bonds is 4. The molecule has 3 heterocycles.